The molecule has 0 spiro atoms. The van der Waals surface area contributed by atoms with Gasteiger partial charge in [0.05, 0.1) is 19.0 Å². The molecule has 1 unspecified atom stereocenters. The van der Waals surface area contributed by atoms with Gasteiger partial charge >= 0.3 is 0 Å². The Morgan fingerprint density at radius 3 is 2.25 bits per heavy atom. The molecule has 0 amide bonds. The second kappa shape index (κ2) is 5.36. The van der Waals surface area contributed by atoms with Crippen LogP contribution in [0.3, 0.4) is 0 Å². The lowest BCUT2D eigenvalue weighted by Crippen LogP contribution is -2.22. The van der Waals surface area contributed by atoms with E-state index in [1.165, 1.54) is 32.2 Å². The summed E-state index contributed by atoms with van der Waals surface area (Å²) in [6.07, 6.45) is 2.39. The molecule has 3 rings (SSSR count). The molecule has 102 valence electrons. The highest BCUT2D eigenvalue weighted by molar-refractivity contribution is 7.28. The topological polar surface area (TPSA) is 0 Å². The van der Waals surface area contributed by atoms with Gasteiger partial charge in [0.15, 0.2) is 0 Å². The number of hydrogen-bond donors (Lipinski definition) is 0. The Morgan fingerprint density at radius 2 is 1.65 bits per heavy atom. The maximum absolute atomic E-state index is 4.15. The van der Waals surface area contributed by atoms with E-state index >= 15 is 0 Å². The van der Waals surface area contributed by atoms with Crippen LogP contribution in [-0.2, 0) is 0 Å². The van der Waals surface area contributed by atoms with Crippen LogP contribution in [0.15, 0.2) is 30.3 Å². The van der Waals surface area contributed by atoms with E-state index < -0.39 is 0 Å². The van der Waals surface area contributed by atoms with E-state index in [9.17, 15) is 0 Å². The molecule has 0 N–H and O–H groups in total. The second-order valence-corrected chi connectivity index (χ2v) is 10.0. The maximum Gasteiger partial charge on any atom is 0.0517 e. The molecular formula is C17H21PSi2. The van der Waals surface area contributed by atoms with Crippen molar-refractivity contribution in [2.45, 2.75) is 20.0 Å². The molecule has 0 bridgehead atoms. The van der Waals surface area contributed by atoms with Crippen molar-refractivity contribution in [2.75, 3.05) is 0 Å². The van der Waals surface area contributed by atoms with E-state index in [-0.39, 0.29) is 19.0 Å². The van der Waals surface area contributed by atoms with Gasteiger partial charge < -0.3 is 0 Å². The van der Waals surface area contributed by atoms with Crippen LogP contribution in [0.5, 0.6) is 0 Å². The van der Waals surface area contributed by atoms with Crippen molar-refractivity contribution < 1.29 is 0 Å². The first-order chi connectivity index (χ1) is 9.62. The van der Waals surface area contributed by atoms with Gasteiger partial charge in [0.1, 0.15) is 0 Å². The van der Waals surface area contributed by atoms with Gasteiger partial charge in [-0.2, -0.15) is 0 Å². The highest BCUT2D eigenvalue weighted by atomic mass is 31.0. The standard InChI is InChI=1S/C17H21PSi2/c1-10-5-15(16-6-11(2)18-17(10)16)12-7-13(19-3)9-14(8-12)20-4/h5-9,18H,2,19-20H2,1,3-4H3. The van der Waals surface area contributed by atoms with Gasteiger partial charge in [-0.25, -0.2) is 0 Å². The third-order valence-corrected chi connectivity index (χ3v) is 7.93. The van der Waals surface area contributed by atoms with E-state index in [1.807, 2.05) is 0 Å². The van der Waals surface area contributed by atoms with Crippen LogP contribution in [-0.4, -0.2) is 19.0 Å². The van der Waals surface area contributed by atoms with Gasteiger partial charge in [-0.3, -0.25) is 0 Å². The minimum atomic E-state index is -0.0858. The lowest BCUT2D eigenvalue weighted by atomic mass is 10.0. The van der Waals surface area contributed by atoms with Gasteiger partial charge in [-0.05, 0) is 46.3 Å². The van der Waals surface area contributed by atoms with Crippen LogP contribution in [0, 0.1) is 0 Å². The molecule has 1 aliphatic carbocycles. The van der Waals surface area contributed by atoms with Crippen molar-refractivity contribution in [1.82, 2.24) is 0 Å². The highest BCUT2D eigenvalue weighted by Crippen LogP contribution is 2.27. The summed E-state index contributed by atoms with van der Waals surface area (Å²) >= 11 is 0. The van der Waals surface area contributed by atoms with Crippen LogP contribution in [0.2, 0.25) is 13.1 Å². The van der Waals surface area contributed by atoms with Crippen LogP contribution in [0.4, 0.5) is 0 Å². The van der Waals surface area contributed by atoms with Crippen molar-refractivity contribution in [1.29, 1.82) is 0 Å². The maximum atomic E-state index is 4.15. The Morgan fingerprint density at radius 1 is 1.00 bits per heavy atom. The lowest BCUT2D eigenvalue weighted by Gasteiger charge is -2.09. The molecular weight excluding hydrogens is 291 g/mol. The van der Waals surface area contributed by atoms with Crippen LogP contribution in [0.25, 0.3) is 17.7 Å². The number of benzene rings is 1. The zero-order valence-electron chi connectivity index (χ0n) is 12.5. The van der Waals surface area contributed by atoms with E-state index in [4.69, 9.17) is 0 Å². The molecule has 0 nitrogen and oxygen atoms in total. The zero-order chi connectivity index (χ0) is 14.3. The number of allylic oxidation sites excluding steroid dienone is 1. The fraction of sp³-hybridized carbons (Fsp3) is 0.176. The SMILES string of the molecule is C=c1cc2c([pH]1)=C(C)C=C2c1cc([SiH2]C)cc([SiH2]C)c1. The Kier molecular flexibility index (Phi) is 3.72. The molecule has 3 heteroatoms. The van der Waals surface area contributed by atoms with Crippen LogP contribution in [0.1, 0.15) is 18.1 Å². The summed E-state index contributed by atoms with van der Waals surface area (Å²) in [5.41, 5.74) is 5.78. The minimum absolute atomic E-state index is 0.0858. The number of fused-ring (bicyclic) bond motifs is 1. The molecule has 0 fully saturated rings. The summed E-state index contributed by atoms with van der Waals surface area (Å²) in [6.45, 7) is 11.2. The van der Waals surface area contributed by atoms with Gasteiger partial charge in [-0.15, -0.1) is 8.19 Å². The van der Waals surface area contributed by atoms with Gasteiger partial charge in [0, 0.05) is 4.95 Å². The summed E-state index contributed by atoms with van der Waals surface area (Å²) in [6, 6.07) is 9.64. The largest absolute Gasteiger partial charge is 0.124 e. The molecule has 2 aromatic rings. The van der Waals surface area contributed by atoms with Crippen molar-refractivity contribution in [3.05, 3.63) is 51.4 Å². The predicted octanol–water partition coefficient (Wildman–Crippen LogP) is 0.428. The first kappa shape index (κ1) is 13.9. The Balaban J connectivity index is 2.17. The summed E-state index contributed by atoms with van der Waals surface area (Å²) in [7, 11) is 0.609. The monoisotopic (exact) mass is 312 g/mol. The van der Waals surface area contributed by atoms with Gasteiger partial charge in [-0.1, -0.05) is 48.2 Å². The normalized spacial score (nSPS) is 15.2. The van der Waals surface area contributed by atoms with Crippen molar-refractivity contribution in [3.63, 3.8) is 0 Å². The van der Waals surface area contributed by atoms with Crippen LogP contribution >= 0.6 is 8.19 Å². The third kappa shape index (κ3) is 2.33. The fourth-order valence-corrected chi connectivity index (χ4v) is 6.18. The van der Waals surface area contributed by atoms with E-state index in [2.05, 4.69) is 56.9 Å². The Hall–Kier alpha value is -1.09. The van der Waals surface area contributed by atoms with Crippen molar-refractivity contribution in [2.24, 2.45) is 0 Å². The average Bonchev–Trinajstić information content (AvgIpc) is 2.97. The van der Waals surface area contributed by atoms with Crippen molar-refractivity contribution in [3.8, 4) is 0 Å². The van der Waals surface area contributed by atoms with E-state index in [1.54, 1.807) is 10.4 Å². The molecule has 0 saturated heterocycles. The average molecular weight is 313 g/mol. The third-order valence-electron chi connectivity index (χ3n) is 4.10. The number of hydrogen-bond acceptors (Lipinski definition) is 0. The summed E-state index contributed by atoms with van der Waals surface area (Å²) in [5, 5.41) is 3.22. The highest BCUT2D eigenvalue weighted by Gasteiger charge is 2.15. The molecule has 0 aliphatic heterocycles. The molecule has 1 aliphatic rings. The lowest BCUT2D eigenvalue weighted by molar-refractivity contribution is 1.63. The molecule has 0 radical (unpaired) electrons. The summed E-state index contributed by atoms with van der Waals surface area (Å²) in [5.74, 6) is 0. The molecule has 1 heterocycles. The van der Waals surface area contributed by atoms with Crippen LogP contribution < -0.4 is 20.3 Å². The molecule has 1 aromatic heterocycles. The van der Waals surface area contributed by atoms with Gasteiger partial charge in [0.25, 0.3) is 0 Å². The first-order valence-corrected chi connectivity index (χ1v) is 12.6. The predicted molar refractivity (Wildman–Crippen MR) is 101 cm³/mol. The zero-order valence-corrected chi connectivity index (χ0v) is 16.3. The molecule has 20 heavy (non-hydrogen) atoms. The summed E-state index contributed by atoms with van der Waals surface area (Å²) in [4.78, 5) is 2.81. The first-order valence-electron chi connectivity index (χ1n) is 7.36. The Labute approximate surface area is 127 Å². The fourth-order valence-electron chi connectivity index (χ4n) is 2.97. The van der Waals surface area contributed by atoms with E-state index in [0.29, 0.717) is 0 Å². The van der Waals surface area contributed by atoms with Crippen molar-refractivity contribution >= 4 is 55.3 Å². The quantitative estimate of drug-likeness (QED) is 0.721. The molecule has 1 aromatic carbocycles. The summed E-state index contributed by atoms with van der Waals surface area (Å²) < 4.78 is 0. The second-order valence-electron chi connectivity index (χ2n) is 5.57. The van der Waals surface area contributed by atoms with E-state index in [0.717, 1.165) is 8.19 Å². The smallest absolute Gasteiger partial charge is 0.0517 e. The van der Waals surface area contributed by atoms with Gasteiger partial charge in [0.2, 0.25) is 0 Å². The minimum Gasteiger partial charge on any atom is -0.124 e. The Bertz CT molecular complexity index is 790. The molecule has 0 saturated carbocycles. The number of rotatable bonds is 3. The molecule has 1 atom stereocenters.